The summed E-state index contributed by atoms with van der Waals surface area (Å²) in [5.74, 6) is -1.74. The van der Waals surface area contributed by atoms with Crippen LogP contribution in [0.4, 0.5) is 0 Å². The average Bonchev–Trinajstić information content (AvgIpc) is 2.54. The number of carbonyl (C=O) groups is 2. The van der Waals surface area contributed by atoms with E-state index in [1.165, 1.54) is 42.5 Å². The van der Waals surface area contributed by atoms with Crippen LogP contribution in [0, 0.1) is 0 Å². The zero-order valence-electron chi connectivity index (χ0n) is 13.6. The topological polar surface area (TPSA) is 110 Å². The van der Waals surface area contributed by atoms with Crippen molar-refractivity contribution >= 4 is 22.1 Å². The van der Waals surface area contributed by atoms with E-state index in [9.17, 15) is 22.6 Å². The Hall–Kier alpha value is -1.71. The molecule has 0 saturated heterocycles. The standard InChI is InChI=1S/C16H14O7S.Na/c1-2-22-15(17)11-7-9-12(10-8-11)16(18)23-13-5-3-4-6-14(13)24(19,20)21;/h3-10H,2H2,1H3,(H,19,20,21);/q;+1/p-1. The Morgan fingerprint density at radius 3 is 2.00 bits per heavy atom. The minimum absolute atomic E-state index is 0. The van der Waals surface area contributed by atoms with Crippen LogP contribution in [0.3, 0.4) is 0 Å². The second kappa shape index (κ2) is 9.12. The van der Waals surface area contributed by atoms with E-state index in [0.29, 0.717) is 0 Å². The maximum atomic E-state index is 12.1. The van der Waals surface area contributed by atoms with Crippen LogP contribution in [0.15, 0.2) is 53.4 Å². The average molecular weight is 372 g/mol. The Balaban J connectivity index is 0.00000312. The number of hydrogen-bond donors (Lipinski definition) is 0. The first kappa shape index (κ1) is 21.3. The molecule has 0 amide bonds. The van der Waals surface area contributed by atoms with E-state index in [-0.39, 0.29) is 53.0 Å². The number of benzene rings is 2. The van der Waals surface area contributed by atoms with Crippen LogP contribution in [0.5, 0.6) is 5.75 Å². The van der Waals surface area contributed by atoms with Crippen LogP contribution < -0.4 is 34.3 Å². The van der Waals surface area contributed by atoms with Crippen molar-refractivity contribution in [3.8, 4) is 5.75 Å². The van der Waals surface area contributed by atoms with Crippen molar-refractivity contribution in [2.24, 2.45) is 0 Å². The monoisotopic (exact) mass is 372 g/mol. The van der Waals surface area contributed by atoms with Gasteiger partial charge in [-0.15, -0.1) is 0 Å². The van der Waals surface area contributed by atoms with Crippen LogP contribution in [-0.2, 0) is 14.9 Å². The number of para-hydroxylation sites is 1. The van der Waals surface area contributed by atoms with Crippen LogP contribution in [0.2, 0.25) is 0 Å². The maximum Gasteiger partial charge on any atom is 1.00 e. The van der Waals surface area contributed by atoms with E-state index in [1.807, 2.05) is 0 Å². The Bertz CT molecular complexity index is 860. The quantitative estimate of drug-likeness (QED) is 0.286. The van der Waals surface area contributed by atoms with Gasteiger partial charge in [0.25, 0.3) is 0 Å². The molecule has 2 aromatic carbocycles. The van der Waals surface area contributed by atoms with Gasteiger partial charge in [0, 0.05) is 0 Å². The van der Waals surface area contributed by atoms with E-state index < -0.39 is 27.0 Å². The van der Waals surface area contributed by atoms with E-state index in [4.69, 9.17) is 9.47 Å². The fraction of sp³-hybridized carbons (Fsp3) is 0.125. The minimum Gasteiger partial charge on any atom is -0.744 e. The second-order valence-electron chi connectivity index (χ2n) is 4.59. The molecule has 0 spiro atoms. The number of rotatable bonds is 5. The summed E-state index contributed by atoms with van der Waals surface area (Å²) >= 11 is 0. The third-order valence-electron chi connectivity index (χ3n) is 2.95. The van der Waals surface area contributed by atoms with Gasteiger partial charge in [-0.05, 0) is 43.3 Å². The fourth-order valence-corrected chi connectivity index (χ4v) is 2.46. The zero-order valence-corrected chi connectivity index (χ0v) is 16.4. The normalized spacial score (nSPS) is 10.5. The fourth-order valence-electron chi connectivity index (χ4n) is 1.86. The molecule has 0 aliphatic heterocycles. The van der Waals surface area contributed by atoms with Gasteiger partial charge in [-0.1, -0.05) is 12.1 Å². The van der Waals surface area contributed by atoms with Gasteiger partial charge in [0.2, 0.25) is 0 Å². The van der Waals surface area contributed by atoms with Crippen LogP contribution in [-0.4, -0.2) is 31.5 Å². The van der Waals surface area contributed by atoms with Gasteiger partial charge in [0.05, 0.1) is 22.6 Å². The van der Waals surface area contributed by atoms with E-state index in [1.54, 1.807) is 6.92 Å². The smallest absolute Gasteiger partial charge is 0.744 e. The van der Waals surface area contributed by atoms with E-state index in [2.05, 4.69) is 0 Å². The van der Waals surface area contributed by atoms with Crippen molar-refractivity contribution in [2.45, 2.75) is 11.8 Å². The summed E-state index contributed by atoms with van der Waals surface area (Å²) in [6.45, 7) is 1.90. The molecule has 25 heavy (non-hydrogen) atoms. The summed E-state index contributed by atoms with van der Waals surface area (Å²) in [4.78, 5) is 23.0. The van der Waals surface area contributed by atoms with Crippen LogP contribution in [0.1, 0.15) is 27.6 Å². The number of esters is 2. The molecule has 0 bridgehead atoms. The number of ether oxygens (including phenoxy) is 2. The predicted molar refractivity (Wildman–Crippen MR) is 81.8 cm³/mol. The molecule has 2 aromatic rings. The summed E-state index contributed by atoms with van der Waals surface area (Å²) in [5, 5.41) is 0. The minimum atomic E-state index is -4.77. The van der Waals surface area contributed by atoms with Crippen LogP contribution in [0.25, 0.3) is 0 Å². The van der Waals surface area contributed by atoms with Crippen molar-refractivity contribution in [3.63, 3.8) is 0 Å². The van der Waals surface area contributed by atoms with Gasteiger partial charge in [0.1, 0.15) is 15.9 Å². The molecule has 0 N–H and O–H groups in total. The molecule has 0 radical (unpaired) electrons. The molecule has 0 saturated carbocycles. The van der Waals surface area contributed by atoms with E-state index in [0.717, 1.165) is 6.07 Å². The molecule has 2 rings (SSSR count). The van der Waals surface area contributed by atoms with Crippen molar-refractivity contribution in [1.82, 2.24) is 0 Å². The Morgan fingerprint density at radius 2 is 1.48 bits per heavy atom. The first-order valence-electron chi connectivity index (χ1n) is 6.87. The molecule has 7 nitrogen and oxygen atoms in total. The van der Waals surface area contributed by atoms with Crippen LogP contribution >= 0.6 is 0 Å². The molecule has 0 aliphatic rings. The zero-order chi connectivity index (χ0) is 17.7. The molecule has 0 atom stereocenters. The number of carbonyl (C=O) groups excluding carboxylic acids is 2. The first-order valence-corrected chi connectivity index (χ1v) is 8.28. The van der Waals surface area contributed by atoms with Gasteiger partial charge in [0.15, 0.2) is 0 Å². The van der Waals surface area contributed by atoms with Crippen molar-refractivity contribution < 1.29 is 61.6 Å². The summed E-state index contributed by atoms with van der Waals surface area (Å²) in [5.41, 5.74) is 0.345. The van der Waals surface area contributed by atoms with Gasteiger partial charge in [-0.25, -0.2) is 18.0 Å². The molecule has 0 aliphatic carbocycles. The summed E-state index contributed by atoms with van der Waals surface area (Å²) in [7, 11) is -4.77. The van der Waals surface area contributed by atoms with Gasteiger partial charge >= 0.3 is 41.5 Å². The van der Waals surface area contributed by atoms with Crippen molar-refractivity contribution in [1.29, 1.82) is 0 Å². The van der Waals surface area contributed by atoms with Gasteiger partial charge in [-0.2, -0.15) is 0 Å². The van der Waals surface area contributed by atoms with Crippen molar-refractivity contribution in [2.75, 3.05) is 6.61 Å². The van der Waals surface area contributed by atoms with E-state index >= 15 is 0 Å². The maximum absolute atomic E-state index is 12.1. The predicted octanol–water partition coefficient (Wildman–Crippen LogP) is -1.01. The Kier molecular flexibility index (Phi) is 7.78. The SMILES string of the molecule is CCOC(=O)c1ccc(C(=O)Oc2ccccc2S(=O)(=O)[O-])cc1.[Na+]. The third-order valence-corrected chi connectivity index (χ3v) is 3.83. The molecule has 0 aromatic heterocycles. The second-order valence-corrected chi connectivity index (χ2v) is 5.94. The molecule has 0 unspecified atom stereocenters. The molecule has 0 fully saturated rings. The molecule has 9 heteroatoms. The Morgan fingerprint density at radius 1 is 0.960 bits per heavy atom. The molecular weight excluding hydrogens is 359 g/mol. The largest absolute Gasteiger partial charge is 1.00 e. The summed E-state index contributed by atoms with van der Waals surface area (Å²) in [6.07, 6.45) is 0. The molecule has 0 heterocycles. The van der Waals surface area contributed by atoms with Gasteiger partial charge in [-0.3, -0.25) is 0 Å². The third kappa shape index (κ3) is 5.65. The number of hydrogen-bond acceptors (Lipinski definition) is 7. The van der Waals surface area contributed by atoms with Crippen molar-refractivity contribution in [3.05, 3.63) is 59.7 Å². The first-order chi connectivity index (χ1) is 11.3. The molecular formula is C16H13NaO7S. The summed E-state index contributed by atoms with van der Waals surface area (Å²) in [6, 6.07) is 10.5. The molecule has 126 valence electrons. The van der Waals surface area contributed by atoms with Gasteiger partial charge < -0.3 is 14.0 Å². The summed E-state index contributed by atoms with van der Waals surface area (Å²) < 4.78 is 43.3. The Labute approximate surface area is 167 Å².